The van der Waals surface area contributed by atoms with Crippen LogP contribution in [-0.4, -0.2) is 74.3 Å². The Balaban J connectivity index is 1.22. The molecule has 3 aromatic rings. The fourth-order valence-corrected chi connectivity index (χ4v) is 6.08. The van der Waals surface area contributed by atoms with E-state index < -0.39 is 17.6 Å². The molecule has 1 fully saturated rings. The number of amides is 1. The van der Waals surface area contributed by atoms with Crippen LogP contribution in [0.4, 0.5) is 8.68 Å². The Morgan fingerprint density at radius 1 is 0.975 bits per heavy atom. The molecular weight excluding hydrogens is 538 g/mol. The number of carbonyl (C=O) groups is 1. The van der Waals surface area contributed by atoms with Crippen LogP contribution in [0.2, 0.25) is 0 Å². The second-order valence-corrected chi connectivity index (χ2v) is 11.1. The van der Waals surface area contributed by atoms with Gasteiger partial charge in [-0.05, 0) is 58.3 Å². The molecule has 0 aromatic heterocycles. The minimum absolute atomic E-state index is 0.0246. The summed E-state index contributed by atoms with van der Waals surface area (Å²) in [6.07, 6.45) is -0.387. The molecule has 1 aliphatic heterocycles. The number of hydrogen-bond donors (Lipinski definition) is 2. The molecular formula is C28H30BFN2O7S. The standard InChI is InChI=1S/C28H30BFN2O7S/c1-18-20(15-26(29(34)35)19(2)27(18)39-40(30,36)37)16-31-11-13-32(14-12-31)28(33)38-17-25-23-9-5-3-7-21(23)22-8-4-6-10-24(22)25/h3-10,15,25,34-35H,11-14,16-17H2,1-2H3. The van der Waals surface area contributed by atoms with Crippen LogP contribution in [0.3, 0.4) is 0 Å². The van der Waals surface area contributed by atoms with Gasteiger partial charge in [-0.1, -0.05) is 58.5 Å². The second kappa shape index (κ2) is 11.2. The zero-order valence-electron chi connectivity index (χ0n) is 22.2. The molecule has 2 aliphatic rings. The molecule has 0 atom stereocenters. The Kier molecular flexibility index (Phi) is 7.87. The van der Waals surface area contributed by atoms with Crippen molar-refractivity contribution in [2.24, 2.45) is 0 Å². The van der Waals surface area contributed by atoms with Crippen LogP contribution < -0.4 is 9.65 Å². The summed E-state index contributed by atoms with van der Waals surface area (Å²) >= 11 is 0. The molecule has 3 aromatic carbocycles. The van der Waals surface area contributed by atoms with E-state index in [2.05, 4.69) is 28.4 Å². The van der Waals surface area contributed by atoms with Crippen molar-refractivity contribution in [1.82, 2.24) is 9.80 Å². The lowest BCUT2D eigenvalue weighted by molar-refractivity contribution is 0.0728. The minimum atomic E-state index is -5.31. The SMILES string of the molecule is Cc1c(CN2CCN(C(=O)OCC3c4ccccc4-c4ccccc43)CC2)cc(B(O)O)c(C)c1OS(=O)(=O)F. The van der Waals surface area contributed by atoms with Gasteiger partial charge >= 0.3 is 23.7 Å². The molecule has 40 heavy (non-hydrogen) atoms. The summed E-state index contributed by atoms with van der Waals surface area (Å²) in [6.45, 7) is 5.41. The average molecular weight is 568 g/mol. The van der Waals surface area contributed by atoms with E-state index in [4.69, 9.17) is 4.74 Å². The number of ether oxygens (including phenoxy) is 1. The van der Waals surface area contributed by atoms with E-state index in [0.29, 0.717) is 43.9 Å². The summed E-state index contributed by atoms with van der Waals surface area (Å²) in [6, 6.07) is 17.8. The summed E-state index contributed by atoms with van der Waals surface area (Å²) in [5.41, 5.74) is 5.69. The van der Waals surface area contributed by atoms with Crippen molar-refractivity contribution in [3.05, 3.63) is 82.4 Å². The van der Waals surface area contributed by atoms with Gasteiger partial charge in [0.2, 0.25) is 0 Å². The first-order chi connectivity index (χ1) is 19.0. The summed E-state index contributed by atoms with van der Waals surface area (Å²) in [7, 11) is -7.21. The number of carbonyl (C=O) groups excluding carboxylic acids is 1. The van der Waals surface area contributed by atoms with Crippen LogP contribution in [0.1, 0.15) is 33.7 Å². The highest BCUT2D eigenvalue weighted by Gasteiger charge is 2.31. The smallest absolute Gasteiger partial charge is 0.448 e. The van der Waals surface area contributed by atoms with Crippen LogP contribution in [0.25, 0.3) is 11.1 Å². The molecule has 1 aliphatic carbocycles. The lowest BCUT2D eigenvalue weighted by atomic mass is 9.75. The van der Waals surface area contributed by atoms with Gasteiger partial charge in [-0.3, -0.25) is 4.90 Å². The first-order valence-electron chi connectivity index (χ1n) is 13.0. The monoisotopic (exact) mass is 568 g/mol. The van der Waals surface area contributed by atoms with Crippen molar-refractivity contribution in [2.45, 2.75) is 26.3 Å². The van der Waals surface area contributed by atoms with Gasteiger partial charge in [0.05, 0.1) is 0 Å². The zero-order chi connectivity index (χ0) is 28.6. The molecule has 1 heterocycles. The van der Waals surface area contributed by atoms with E-state index in [1.165, 1.54) is 6.92 Å². The highest BCUT2D eigenvalue weighted by Crippen LogP contribution is 2.44. The van der Waals surface area contributed by atoms with E-state index in [-0.39, 0.29) is 35.4 Å². The lowest BCUT2D eigenvalue weighted by Gasteiger charge is -2.34. The van der Waals surface area contributed by atoms with Crippen molar-refractivity contribution < 1.29 is 36.1 Å². The predicted octanol–water partition coefficient (Wildman–Crippen LogP) is 2.64. The van der Waals surface area contributed by atoms with Gasteiger partial charge in [0.25, 0.3) is 0 Å². The van der Waals surface area contributed by atoms with E-state index >= 15 is 0 Å². The van der Waals surface area contributed by atoms with Crippen LogP contribution in [0, 0.1) is 13.8 Å². The number of benzene rings is 3. The maximum Gasteiger partial charge on any atom is 0.488 e. The zero-order valence-corrected chi connectivity index (χ0v) is 23.0. The number of rotatable bonds is 7. The van der Waals surface area contributed by atoms with Gasteiger partial charge in [0.15, 0.2) is 5.75 Å². The molecule has 1 amide bonds. The van der Waals surface area contributed by atoms with Crippen molar-refractivity contribution in [1.29, 1.82) is 0 Å². The first-order valence-corrected chi connectivity index (χ1v) is 14.3. The first kappa shape index (κ1) is 28.1. The Hall–Kier alpha value is -3.45. The lowest BCUT2D eigenvalue weighted by Crippen LogP contribution is -2.48. The third kappa shape index (κ3) is 5.71. The highest BCUT2D eigenvalue weighted by atomic mass is 32.3. The fraction of sp³-hybridized carbons (Fsp3) is 0.321. The Morgan fingerprint density at radius 3 is 2.10 bits per heavy atom. The van der Waals surface area contributed by atoms with Crippen LogP contribution in [0.15, 0.2) is 54.6 Å². The number of fused-ring (bicyclic) bond motifs is 3. The Morgan fingerprint density at radius 2 is 1.55 bits per heavy atom. The van der Waals surface area contributed by atoms with Gasteiger partial charge < -0.3 is 23.9 Å². The maximum atomic E-state index is 13.3. The topological polar surface area (TPSA) is 117 Å². The minimum Gasteiger partial charge on any atom is -0.448 e. The van der Waals surface area contributed by atoms with Gasteiger partial charge in [0.1, 0.15) is 6.61 Å². The average Bonchev–Trinajstić information content (AvgIpc) is 3.24. The molecule has 12 heteroatoms. The molecule has 0 spiro atoms. The number of nitrogens with zero attached hydrogens (tertiary/aromatic N) is 2. The summed E-state index contributed by atoms with van der Waals surface area (Å²) in [4.78, 5) is 16.6. The maximum absolute atomic E-state index is 13.3. The molecule has 5 rings (SSSR count). The highest BCUT2D eigenvalue weighted by molar-refractivity contribution is 7.81. The molecule has 2 N–H and O–H groups in total. The van der Waals surface area contributed by atoms with E-state index in [9.17, 15) is 27.1 Å². The Bertz CT molecular complexity index is 1500. The third-order valence-corrected chi connectivity index (χ3v) is 8.11. The van der Waals surface area contributed by atoms with Gasteiger partial charge in [0, 0.05) is 38.6 Å². The number of piperazine rings is 1. The van der Waals surface area contributed by atoms with Gasteiger partial charge in [-0.25, -0.2) is 4.79 Å². The van der Waals surface area contributed by atoms with Gasteiger partial charge in [-0.15, -0.1) is 0 Å². The van der Waals surface area contributed by atoms with Crippen LogP contribution in [0.5, 0.6) is 5.75 Å². The molecule has 210 valence electrons. The van der Waals surface area contributed by atoms with Crippen molar-refractivity contribution >= 4 is 29.2 Å². The summed E-state index contributed by atoms with van der Waals surface area (Å²) in [5, 5.41) is 19.5. The van der Waals surface area contributed by atoms with E-state index in [1.807, 2.05) is 29.2 Å². The normalized spacial score (nSPS) is 15.5. The van der Waals surface area contributed by atoms with Crippen LogP contribution in [-0.2, 0) is 21.8 Å². The Labute approximate surface area is 233 Å². The summed E-state index contributed by atoms with van der Waals surface area (Å²) in [5.74, 6) is -0.289. The predicted molar refractivity (Wildman–Crippen MR) is 148 cm³/mol. The number of halogens is 1. The van der Waals surface area contributed by atoms with Crippen molar-refractivity contribution in [2.75, 3.05) is 32.8 Å². The molecule has 1 saturated heterocycles. The molecule has 0 radical (unpaired) electrons. The molecule has 0 bridgehead atoms. The largest absolute Gasteiger partial charge is 0.488 e. The van der Waals surface area contributed by atoms with Crippen LogP contribution >= 0.6 is 0 Å². The van der Waals surface area contributed by atoms with Gasteiger partial charge in [-0.2, -0.15) is 8.42 Å². The fourth-order valence-electron chi connectivity index (χ4n) is 5.63. The summed E-state index contributed by atoms with van der Waals surface area (Å²) < 4.78 is 46.0. The quantitative estimate of drug-likeness (QED) is 0.330. The van der Waals surface area contributed by atoms with E-state index in [0.717, 1.165) is 22.3 Å². The molecule has 0 unspecified atom stereocenters. The van der Waals surface area contributed by atoms with Crippen molar-refractivity contribution in [3.63, 3.8) is 0 Å². The third-order valence-electron chi connectivity index (χ3n) is 7.75. The molecule has 0 saturated carbocycles. The second-order valence-electron chi connectivity index (χ2n) is 10.1. The molecule has 9 nitrogen and oxygen atoms in total. The number of hydrogen-bond acceptors (Lipinski definition) is 8. The van der Waals surface area contributed by atoms with Crippen molar-refractivity contribution in [3.8, 4) is 16.9 Å². The van der Waals surface area contributed by atoms with E-state index in [1.54, 1.807) is 17.9 Å².